The Bertz CT molecular complexity index is 819. The van der Waals surface area contributed by atoms with E-state index in [4.69, 9.17) is 19.9 Å². The molecule has 0 unspecified atom stereocenters. The number of rotatable bonds is 5. The minimum absolute atomic E-state index is 0.151. The van der Waals surface area contributed by atoms with E-state index < -0.39 is 29.9 Å². The molecule has 11 nitrogen and oxygen atoms in total. The average Bonchev–Trinajstić information content (AvgIpc) is 3.14. The molecule has 2 aromatic heterocycles. The summed E-state index contributed by atoms with van der Waals surface area (Å²) >= 11 is 0. The van der Waals surface area contributed by atoms with E-state index in [1.165, 1.54) is 26.5 Å². The van der Waals surface area contributed by atoms with Gasteiger partial charge in [0.25, 0.3) is 0 Å². The lowest BCUT2D eigenvalue weighted by Crippen LogP contribution is -2.49. The standard InChI is InChI=1S/C15H19N5O6/c1-8(21)24-4-15(5-25-9(2)22)10(23)3-11(26-15)20-7-19-12-13(16)17-6-18-14(12)20/h6-7,10-11,23H,3-5H2,1-2H3,(H2,16,17,18)/t10-,11+/m0/s1. The maximum absolute atomic E-state index is 11.2. The predicted octanol–water partition coefficient (Wildman–Crippen LogP) is -0.447. The first kappa shape index (κ1) is 18.0. The van der Waals surface area contributed by atoms with Crippen molar-refractivity contribution in [3.63, 3.8) is 0 Å². The minimum atomic E-state index is -1.39. The SMILES string of the molecule is CC(=O)OCC1(COC(C)=O)O[C@@H](n2cnc3c(N)ncnc32)C[C@@H]1O. The number of aliphatic hydroxyl groups excluding tert-OH is 1. The Balaban J connectivity index is 1.89. The van der Waals surface area contributed by atoms with Gasteiger partial charge in [-0.15, -0.1) is 0 Å². The van der Waals surface area contributed by atoms with Gasteiger partial charge in [-0.2, -0.15) is 0 Å². The van der Waals surface area contributed by atoms with Crippen LogP contribution in [0.3, 0.4) is 0 Å². The van der Waals surface area contributed by atoms with Gasteiger partial charge in [0.2, 0.25) is 0 Å². The van der Waals surface area contributed by atoms with Crippen LogP contribution in [0.25, 0.3) is 11.2 Å². The molecule has 1 saturated heterocycles. The van der Waals surface area contributed by atoms with Gasteiger partial charge in [-0.05, 0) is 0 Å². The second kappa shape index (κ2) is 6.84. The lowest BCUT2D eigenvalue weighted by Gasteiger charge is -2.30. The van der Waals surface area contributed by atoms with E-state index in [1.54, 1.807) is 4.57 Å². The van der Waals surface area contributed by atoms with E-state index in [0.29, 0.717) is 11.2 Å². The molecule has 1 aliphatic rings. The second-order valence-electron chi connectivity index (χ2n) is 6.03. The van der Waals surface area contributed by atoms with Crippen molar-refractivity contribution in [3.8, 4) is 0 Å². The largest absolute Gasteiger partial charge is 0.463 e. The first-order chi connectivity index (χ1) is 12.3. The summed E-state index contributed by atoms with van der Waals surface area (Å²) in [5.74, 6) is -0.863. The van der Waals surface area contributed by atoms with Crippen LogP contribution in [0.2, 0.25) is 0 Å². The van der Waals surface area contributed by atoms with Gasteiger partial charge in [-0.25, -0.2) is 15.0 Å². The molecule has 2 atom stereocenters. The molecular weight excluding hydrogens is 346 g/mol. The van der Waals surface area contributed by atoms with Crippen molar-refractivity contribution in [3.05, 3.63) is 12.7 Å². The summed E-state index contributed by atoms with van der Waals surface area (Å²) < 4.78 is 17.6. The molecule has 140 valence electrons. The van der Waals surface area contributed by atoms with Crippen molar-refractivity contribution in [2.75, 3.05) is 18.9 Å². The summed E-state index contributed by atoms with van der Waals surface area (Å²) in [6.45, 7) is 1.94. The number of carbonyl (C=O) groups excluding carboxylic acids is 2. The van der Waals surface area contributed by atoms with Gasteiger partial charge < -0.3 is 25.1 Å². The highest BCUT2D eigenvalue weighted by molar-refractivity contribution is 5.81. The quantitative estimate of drug-likeness (QED) is 0.666. The van der Waals surface area contributed by atoms with Crippen LogP contribution in [-0.4, -0.2) is 61.5 Å². The zero-order chi connectivity index (χ0) is 18.9. The van der Waals surface area contributed by atoms with Crippen molar-refractivity contribution in [2.45, 2.75) is 38.2 Å². The highest BCUT2D eigenvalue weighted by atomic mass is 16.6. The number of imidazole rings is 1. The van der Waals surface area contributed by atoms with Crippen molar-refractivity contribution in [2.24, 2.45) is 0 Å². The monoisotopic (exact) mass is 365 g/mol. The summed E-state index contributed by atoms with van der Waals surface area (Å²) in [6.07, 6.45) is 1.20. The first-order valence-corrected chi connectivity index (χ1v) is 7.88. The number of anilines is 1. The van der Waals surface area contributed by atoms with Gasteiger partial charge in [0.05, 0.1) is 12.4 Å². The molecule has 3 heterocycles. The van der Waals surface area contributed by atoms with Crippen LogP contribution in [0, 0.1) is 0 Å². The highest BCUT2D eigenvalue weighted by Crippen LogP contribution is 2.38. The van der Waals surface area contributed by atoms with Gasteiger partial charge in [0.15, 0.2) is 17.1 Å². The minimum Gasteiger partial charge on any atom is -0.463 e. The third-order valence-electron chi connectivity index (χ3n) is 4.14. The molecule has 3 N–H and O–H groups in total. The molecule has 2 aromatic rings. The number of fused-ring (bicyclic) bond motifs is 1. The fourth-order valence-electron chi connectivity index (χ4n) is 2.80. The molecule has 0 spiro atoms. The van der Waals surface area contributed by atoms with Gasteiger partial charge in [-0.3, -0.25) is 14.2 Å². The number of carbonyl (C=O) groups is 2. The number of aliphatic hydroxyl groups is 1. The van der Waals surface area contributed by atoms with Crippen LogP contribution >= 0.6 is 0 Å². The van der Waals surface area contributed by atoms with Crippen LogP contribution in [0.5, 0.6) is 0 Å². The first-order valence-electron chi connectivity index (χ1n) is 7.88. The summed E-state index contributed by atoms with van der Waals surface area (Å²) in [4.78, 5) is 34.6. The number of hydrogen-bond acceptors (Lipinski definition) is 10. The summed E-state index contributed by atoms with van der Waals surface area (Å²) in [6, 6.07) is 0. The number of aromatic nitrogens is 4. The number of nitrogens with zero attached hydrogens (tertiary/aromatic N) is 4. The van der Waals surface area contributed by atoms with E-state index in [9.17, 15) is 14.7 Å². The Kier molecular flexibility index (Phi) is 4.74. The van der Waals surface area contributed by atoms with Crippen LogP contribution in [0.15, 0.2) is 12.7 Å². The molecule has 0 radical (unpaired) electrons. The topological polar surface area (TPSA) is 152 Å². The number of hydrogen-bond donors (Lipinski definition) is 2. The fourth-order valence-corrected chi connectivity index (χ4v) is 2.80. The molecule has 0 amide bonds. The summed E-state index contributed by atoms with van der Waals surface area (Å²) in [5, 5.41) is 10.6. The van der Waals surface area contributed by atoms with Crippen molar-refractivity contribution < 1.29 is 28.9 Å². The Hall–Kier alpha value is -2.79. The summed E-state index contributed by atoms with van der Waals surface area (Å²) in [7, 11) is 0. The normalized spacial score (nSPS) is 21.7. The molecule has 11 heteroatoms. The molecule has 0 bridgehead atoms. The number of nitrogen functional groups attached to an aromatic ring is 1. The molecule has 26 heavy (non-hydrogen) atoms. The average molecular weight is 365 g/mol. The van der Waals surface area contributed by atoms with Crippen LogP contribution < -0.4 is 5.73 Å². The number of ether oxygens (including phenoxy) is 3. The van der Waals surface area contributed by atoms with E-state index >= 15 is 0 Å². The van der Waals surface area contributed by atoms with E-state index in [0.717, 1.165) is 0 Å². The zero-order valence-electron chi connectivity index (χ0n) is 14.3. The van der Waals surface area contributed by atoms with Gasteiger partial charge in [0.1, 0.15) is 31.3 Å². The van der Waals surface area contributed by atoms with Crippen LogP contribution in [0.1, 0.15) is 26.5 Å². The van der Waals surface area contributed by atoms with Crippen LogP contribution in [-0.2, 0) is 23.8 Å². The lowest BCUT2D eigenvalue weighted by atomic mass is 9.98. The highest BCUT2D eigenvalue weighted by Gasteiger charge is 2.51. The maximum atomic E-state index is 11.2. The van der Waals surface area contributed by atoms with Gasteiger partial charge in [0, 0.05) is 20.3 Å². The molecule has 0 saturated carbocycles. The second-order valence-corrected chi connectivity index (χ2v) is 6.03. The Morgan fingerprint density at radius 2 is 1.96 bits per heavy atom. The molecule has 0 aliphatic carbocycles. The van der Waals surface area contributed by atoms with Gasteiger partial charge >= 0.3 is 11.9 Å². The van der Waals surface area contributed by atoms with Gasteiger partial charge in [-0.1, -0.05) is 0 Å². The zero-order valence-corrected chi connectivity index (χ0v) is 14.3. The maximum Gasteiger partial charge on any atom is 0.302 e. The molecule has 1 fully saturated rings. The van der Waals surface area contributed by atoms with Crippen molar-refractivity contribution in [1.82, 2.24) is 19.5 Å². The Morgan fingerprint density at radius 3 is 2.58 bits per heavy atom. The Labute approximate surface area is 148 Å². The predicted molar refractivity (Wildman–Crippen MR) is 86.5 cm³/mol. The van der Waals surface area contributed by atoms with Crippen molar-refractivity contribution >= 4 is 28.9 Å². The number of nitrogens with two attached hydrogens (primary N) is 1. The number of esters is 2. The smallest absolute Gasteiger partial charge is 0.302 e. The van der Waals surface area contributed by atoms with E-state index in [2.05, 4.69) is 15.0 Å². The third-order valence-corrected chi connectivity index (χ3v) is 4.14. The van der Waals surface area contributed by atoms with E-state index in [-0.39, 0.29) is 25.5 Å². The molecular formula is C15H19N5O6. The fraction of sp³-hybridized carbons (Fsp3) is 0.533. The Morgan fingerprint density at radius 1 is 1.31 bits per heavy atom. The van der Waals surface area contributed by atoms with E-state index in [1.807, 2.05) is 0 Å². The third kappa shape index (κ3) is 3.30. The van der Waals surface area contributed by atoms with Crippen LogP contribution in [0.4, 0.5) is 5.82 Å². The summed E-state index contributed by atoms with van der Waals surface area (Å²) in [5.41, 5.74) is 5.23. The molecule has 1 aliphatic heterocycles. The lowest BCUT2D eigenvalue weighted by molar-refractivity contribution is -0.183. The molecule has 0 aromatic carbocycles. The molecule has 3 rings (SSSR count). The van der Waals surface area contributed by atoms with Crippen molar-refractivity contribution in [1.29, 1.82) is 0 Å².